The van der Waals surface area contributed by atoms with Crippen LogP contribution in [-0.2, 0) is 9.59 Å². The number of hydrogen-bond acceptors (Lipinski definition) is 3. The molecule has 0 spiro atoms. The summed E-state index contributed by atoms with van der Waals surface area (Å²) in [5, 5.41) is 3.24. The van der Waals surface area contributed by atoms with Crippen LogP contribution in [0.25, 0.3) is 0 Å². The maximum absolute atomic E-state index is 11.9. The lowest BCUT2D eigenvalue weighted by Crippen LogP contribution is -2.46. The van der Waals surface area contributed by atoms with Gasteiger partial charge in [0.2, 0.25) is 5.91 Å². The molecule has 0 fully saturated rings. The summed E-state index contributed by atoms with van der Waals surface area (Å²) in [6.45, 7) is 3.63. The molecule has 2 rings (SSSR count). The van der Waals surface area contributed by atoms with Crippen molar-refractivity contribution in [2.45, 2.75) is 19.9 Å². The molecule has 1 aliphatic rings. The third-order valence-electron chi connectivity index (χ3n) is 2.62. The van der Waals surface area contributed by atoms with Crippen LogP contribution in [0.3, 0.4) is 0 Å². The number of benzene rings is 1. The van der Waals surface area contributed by atoms with Crippen LogP contribution >= 0.6 is 11.6 Å². The van der Waals surface area contributed by atoms with Gasteiger partial charge in [-0.25, -0.2) is 0 Å². The molecule has 5 nitrogen and oxygen atoms in total. The molecule has 102 valence electrons. The van der Waals surface area contributed by atoms with E-state index in [1.165, 1.54) is 4.90 Å². The molecule has 0 saturated heterocycles. The second-order valence-corrected chi connectivity index (χ2v) is 5.04. The van der Waals surface area contributed by atoms with Gasteiger partial charge in [-0.2, -0.15) is 0 Å². The Morgan fingerprint density at radius 1 is 1.53 bits per heavy atom. The van der Waals surface area contributed by atoms with E-state index in [0.29, 0.717) is 16.5 Å². The lowest BCUT2D eigenvalue weighted by atomic mass is 10.2. The molecule has 1 N–H and O–H groups in total. The van der Waals surface area contributed by atoms with Gasteiger partial charge < -0.3 is 10.1 Å². The Labute approximate surface area is 116 Å². The second kappa shape index (κ2) is 5.48. The number of ether oxygens (including phenoxy) is 1. The average molecular weight is 283 g/mol. The molecule has 1 heterocycles. The molecule has 2 amide bonds. The molecule has 1 aliphatic heterocycles. The van der Waals surface area contributed by atoms with Crippen LogP contribution in [0.1, 0.15) is 13.8 Å². The van der Waals surface area contributed by atoms with Gasteiger partial charge in [-0.1, -0.05) is 11.6 Å². The number of hydrogen-bond donors (Lipinski definition) is 1. The minimum absolute atomic E-state index is 0.0301. The molecule has 0 saturated carbocycles. The smallest absolute Gasteiger partial charge is 0.265 e. The first-order valence-corrected chi connectivity index (χ1v) is 6.37. The summed E-state index contributed by atoms with van der Waals surface area (Å²) in [4.78, 5) is 25.0. The summed E-state index contributed by atoms with van der Waals surface area (Å²) < 4.78 is 5.30. The third-order valence-corrected chi connectivity index (χ3v) is 2.85. The van der Waals surface area contributed by atoms with E-state index >= 15 is 0 Å². The Kier molecular flexibility index (Phi) is 3.95. The highest BCUT2D eigenvalue weighted by Gasteiger charge is 2.27. The fourth-order valence-electron chi connectivity index (χ4n) is 1.86. The number of nitrogens with zero attached hydrogens (tertiary/aromatic N) is 1. The largest absolute Gasteiger partial charge is 0.482 e. The lowest BCUT2D eigenvalue weighted by Gasteiger charge is -2.29. The van der Waals surface area contributed by atoms with Crippen LogP contribution in [-0.4, -0.2) is 31.0 Å². The van der Waals surface area contributed by atoms with E-state index < -0.39 is 0 Å². The molecule has 0 radical (unpaired) electrons. The van der Waals surface area contributed by atoms with Gasteiger partial charge in [0, 0.05) is 11.1 Å². The van der Waals surface area contributed by atoms with Crippen LogP contribution in [0, 0.1) is 0 Å². The highest BCUT2D eigenvalue weighted by atomic mass is 35.5. The van der Waals surface area contributed by atoms with Crippen molar-refractivity contribution in [2.24, 2.45) is 0 Å². The first-order chi connectivity index (χ1) is 8.97. The molecule has 0 aromatic heterocycles. The predicted octanol–water partition coefficient (Wildman–Crippen LogP) is 1.59. The van der Waals surface area contributed by atoms with Crippen molar-refractivity contribution in [1.82, 2.24) is 5.32 Å². The number of amides is 2. The van der Waals surface area contributed by atoms with Crippen LogP contribution < -0.4 is 15.0 Å². The maximum atomic E-state index is 11.9. The molecule has 0 atom stereocenters. The number of halogens is 1. The molecule has 1 aromatic rings. The minimum Gasteiger partial charge on any atom is -0.482 e. The fraction of sp³-hybridized carbons (Fsp3) is 0.385. The number of nitrogens with one attached hydrogen (secondary N) is 1. The van der Waals surface area contributed by atoms with Gasteiger partial charge in [-0.15, -0.1) is 0 Å². The summed E-state index contributed by atoms with van der Waals surface area (Å²) in [6.07, 6.45) is 0. The van der Waals surface area contributed by atoms with Crippen molar-refractivity contribution in [3.05, 3.63) is 23.2 Å². The monoisotopic (exact) mass is 282 g/mol. The van der Waals surface area contributed by atoms with Crippen molar-refractivity contribution >= 4 is 29.1 Å². The molecule has 0 aliphatic carbocycles. The van der Waals surface area contributed by atoms with Gasteiger partial charge in [0.1, 0.15) is 12.3 Å². The van der Waals surface area contributed by atoms with Gasteiger partial charge in [-0.05, 0) is 32.0 Å². The number of fused-ring (bicyclic) bond motifs is 1. The summed E-state index contributed by atoms with van der Waals surface area (Å²) in [6, 6.07) is 5.03. The summed E-state index contributed by atoms with van der Waals surface area (Å²) in [5.74, 6) is 0.0891. The zero-order chi connectivity index (χ0) is 14.0. The van der Waals surface area contributed by atoms with Gasteiger partial charge >= 0.3 is 0 Å². The zero-order valence-electron chi connectivity index (χ0n) is 10.8. The summed E-state index contributed by atoms with van der Waals surface area (Å²) in [7, 11) is 0. The summed E-state index contributed by atoms with van der Waals surface area (Å²) >= 11 is 5.92. The van der Waals surface area contributed by atoms with E-state index in [1.807, 2.05) is 13.8 Å². The lowest BCUT2D eigenvalue weighted by molar-refractivity contribution is -0.125. The molecular weight excluding hydrogens is 268 g/mol. The average Bonchev–Trinajstić information content (AvgIpc) is 2.32. The Hall–Kier alpha value is -1.75. The van der Waals surface area contributed by atoms with Gasteiger partial charge in [0.25, 0.3) is 5.91 Å². The van der Waals surface area contributed by atoms with Gasteiger partial charge in [0.05, 0.1) is 5.69 Å². The van der Waals surface area contributed by atoms with Crippen molar-refractivity contribution in [3.63, 3.8) is 0 Å². The van der Waals surface area contributed by atoms with Crippen molar-refractivity contribution in [1.29, 1.82) is 0 Å². The van der Waals surface area contributed by atoms with Gasteiger partial charge in [-0.3, -0.25) is 14.5 Å². The third kappa shape index (κ3) is 3.17. The summed E-state index contributed by atoms with van der Waals surface area (Å²) in [5.41, 5.74) is 0.530. The Morgan fingerprint density at radius 2 is 2.26 bits per heavy atom. The molecule has 1 aromatic carbocycles. The highest BCUT2D eigenvalue weighted by molar-refractivity contribution is 6.31. The zero-order valence-corrected chi connectivity index (χ0v) is 11.5. The fourth-order valence-corrected chi connectivity index (χ4v) is 2.03. The number of carbonyl (C=O) groups is 2. The number of anilines is 1. The van der Waals surface area contributed by atoms with Crippen LogP contribution in [0.5, 0.6) is 5.75 Å². The van der Waals surface area contributed by atoms with E-state index in [9.17, 15) is 9.59 Å². The standard InChI is InChI=1S/C13H15ClN2O3/c1-8(2)15-12(17)6-16-10-5-9(14)3-4-11(10)19-7-13(16)18/h3-5,8H,6-7H2,1-2H3,(H,15,17). The predicted molar refractivity (Wildman–Crippen MR) is 72.6 cm³/mol. The molecular formula is C13H15ClN2O3. The van der Waals surface area contributed by atoms with Crippen molar-refractivity contribution in [2.75, 3.05) is 18.1 Å². The Morgan fingerprint density at radius 3 is 2.95 bits per heavy atom. The SMILES string of the molecule is CC(C)NC(=O)CN1C(=O)COc2ccc(Cl)cc21. The molecule has 0 bridgehead atoms. The van der Waals surface area contributed by atoms with Crippen LogP contribution in [0.4, 0.5) is 5.69 Å². The highest BCUT2D eigenvalue weighted by Crippen LogP contribution is 2.34. The van der Waals surface area contributed by atoms with E-state index in [-0.39, 0.29) is 31.0 Å². The Balaban J connectivity index is 2.23. The topological polar surface area (TPSA) is 58.6 Å². The first-order valence-electron chi connectivity index (χ1n) is 5.99. The minimum atomic E-state index is -0.256. The van der Waals surface area contributed by atoms with E-state index in [2.05, 4.69) is 5.32 Å². The number of carbonyl (C=O) groups excluding carboxylic acids is 2. The van der Waals surface area contributed by atoms with Crippen LogP contribution in [0.2, 0.25) is 5.02 Å². The maximum Gasteiger partial charge on any atom is 0.265 e. The van der Waals surface area contributed by atoms with Crippen molar-refractivity contribution in [3.8, 4) is 5.75 Å². The van der Waals surface area contributed by atoms with Crippen LogP contribution in [0.15, 0.2) is 18.2 Å². The quantitative estimate of drug-likeness (QED) is 0.916. The molecule has 0 unspecified atom stereocenters. The Bertz CT molecular complexity index is 517. The van der Waals surface area contributed by atoms with E-state index in [1.54, 1.807) is 18.2 Å². The van der Waals surface area contributed by atoms with Gasteiger partial charge in [0.15, 0.2) is 6.61 Å². The first kappa shape index (κ1) is 13.7. The second-order valence-electron chi connectivity index (χ2n) is 4.60. The normalized spacial score (nSPS) is 14.1. The van der Waals surface area contributed by atoms with E-state index in [0.717, 1.165) is 0 Å². The molecule has 6 heteroatoms. The van der Waals surface area contributed by atoms with Crippen molar-refractivity contribution < 1.29 is 14.3 Å². The number of rotatable bonds is 3. The molecule has 19 heavy (non-hydrogen) atoms. The van der Waals surface area contributed by atoms with E-state index in [4.69, 9.17) is 16.3 Å².